The van der Waals surface area contributed by atoms with Crippen molar-refractivity contribution in [3.05, 3.63) is 123 Å². The molecule has 2 aliphatic carbocycles. The number of hydrogen-bond acceptors (Lipinski definition) is 11. The molecule has 3 N–H and O–H groups in total. The molecule has 16 heteroatoms. The summed E-state index contributed by atoms with van der Waals surface area (Å²) in [5.74, 6) is -0.234. The molecule has 4 aromatic carbocycles. The van der Waals surface area contributed by atoms with Crippen molar-refractivity contribution >= 4 is 61.1 Å². The number of halogens is 1. The number of carbonyl (C=O) groups is 1. The van der Waals surface area contributed by atoms with E-state index in [2.05, 4.69) is 55.7 Å². The van der Waals surface area contributed by atoms with Gasteiger partial charge in [-0.25, -0.2) is 13.1 Å². The predicted octanol–water partition coefficient (Wildman–Crippen LogP) is 9.48. The molecule has 3 fully saturated rings. The highest BCUT2D eigenvalue weighted by molar-refractivity contribution is 7.90. The Morgan fingerprint density at radius 1 is 0.939 bits per heavy atom. The molecule has 0 atom stereocenters. The van der Waals surface area contributed by atoms with Gasteiger partial charge in [0.25, 0.3) is 21.6 Å². The third kappa shape index (κ3) is 10.4. The number of benzene rings is 4. The molecule has 1 amide bonds. The fraction of sp³-hybridized carbons (Fsp3) is 0.420. The van der Waals surface area contributed by atoms with Crippen LogP contribution >= 0.6 is 11.6 Å². The number of carbonyl (C=O) groups excluding carboxylic acids is 1. The average Bonchev–Trinajstić information content (AvgIpc) is 3.79. The summed E-state index contributed by atoms with van der Waals surface area (Å²) in [5, 5.41) is 17.3. The van der Waals surface area contributed by atoms with E-state index in [1.807, 2.05) is 42.6 Å². The maximum absolute atomic E-state index is 14.3. The summed E-state index contributed by atoms with van der Waals surface area (Å²) in [5.41, 5.74) is 5.71. The fourth-order valence-electron chi connectivity index (χ4n) is 10.1. The highest BCUT2D eigenvalue weighted by atomic mass is 35.5. The number of fused-ring (bicyclic) bond motifs is 1. The quantitative estimate of drug-likeness (QED) is 0.0762. The van der Waals surface area contributed by atoms with E-state index in [4.69, 9.17) is 21.1 Å². The topological polar surface area (TPSA) is 162 Å². The van der Waals surface area contributed by atoms with Crippen molar-refractivity contribution in [1.29, 1.82) is 0 Å². The number of para-hydroxylation sites is 1. The molecular weight excluding hydrogens is 878 g/mol. The van der Waals surface area contributed by atoms with E-state index in [9.17, 15) is 23.3 Å². The number of amides is 1. The summed E-state index contributed by atoms with van der Waals surface area (Å²) < 4.78 is 42.2. The van der Waals surface area contributed by atoms with Crippen LogP contribution in [0.3, 0.4) is 0 Å². The summed E-state index contributed by atoms with van der Waals surface area (Å²) in [6.07, 6.45) is 8.55. The van der Waals surface area contributed by atoms with Gasteiger partial charge in [0, 0.05) is 86.1 Å². The van der Waals surface area contributed by atoms with Gasteiger partial charge in [0.15, 0.2) is 5.75 Å². The Bertz CT molecular complexity index is 2720. The zero-order valence-corrected chi connectivity index (χ0v) is 39.1. The van der Waals surface area contributed by atoms with Gasteiger partial charge in [-0.05, 0) is 122 Å². The zero-order chi connectivity index (χ0) is 46.0. The van der Waals surface area contributed by atoms with Gasteiger partial charge >= 0.3 is 0 Å². The number of nitrogens with one attached hydrogen (secondary N) is 3. The molecule has 0 spiro atoms. The highest BCUT2D eigenvalue weighted by Crippen LogP contribution is 2.44. The van der Waals surface area contributed by atoms with Gasteiger partial charge in [-0.2, -0.15) is 0 Å². The molecule has 348 valence electrons. The number of nitro groups is 1. The average molecular weight is 937 g/mol. The number of aromatic nitrogens is 1. The van der Waals surface area contributed by atoms with Crippen molar-refractivity contribution in [2.75, 3.05) is 69.2 Å². The maximum atomic E-state index is 14.3. The molecule has 14 nitrogen and oxygen atoms in total. The van der Waals surface area contributed by atoms with Crippen molar-refractivity contribution < 1.29 is 27.6 Å². The summed E-state index contributed by atoms with van der Waals surface area (Å²) in [6.45, 7) is 11.6. The summed E-state index contributed by atoms with van der Waals surface area (Å²) in [4.78, 5) is 35.9. The van der Waals surface area contributed by atoms with Crippen LogP contribution in [-0.2, 0) is 14.8 Å². The van der Waals surface area contributed by atoms with E-state index >= 15 is 0 Å². The maximum Gasteiger partial charge on any atom is 0.293 e. The molecular formula is C50H58ClN7O7S. The predicted molar refractivity (Wildman–Crippen MR) is 259 cm³/mol. The lowest BCUT2D eigenvalue weighted by Crippen LogP contribution is -2.47. The minimum absolute atomic E-state index is 0.00432. The number of hydrogen-bond donors (Lipinski definition) is 3. The zero-order valence-electron chi connectivity index (χ0n) is 37.6. The van der Waals surface area contributed by atoms with Crippen LogP contribution in [0.2, 0.25) is 5.02 Å². The third-order valence-electron chi connectivity index (χ3n) is 13.8. The van der Waals surface area contributed by atoms with Crippen molar-refractivity contribution in [3.63, 3.8) is 0 Å². The Morgan fingerprint density at radius 3 is 2.44 bits per heavy atom. The lowest BCUT2D eigenvalue weighted by molar-refractivity contribution is -0.384. The van der Waals surface area contributed by atoms with E-state index in [-0.39, 0.29) is 34.1 Å². The molecule has 5 aromatic rings. The summed E-state index contributed by atoms with van der Waals surface area (Å²) >= 11 is 6.27. The number of aromatic amines is 1. The lowest BCUT2D eigenvalue weighted by Gasteiger charge is -2.39. The Kier molecular flexibility index (Phi) is 13.4. The molecule has 0 bridgehead atoms. The van der Waals surface area contributed by atoms with E-state index in [0.717, 1.165) is 113 Å². The second kappa shape index (κ2) is 19.4. The number of piperazine rings is 1. The van der Waals surface area contributed by atoms with Crippen LogP contribution in [0.4, 0.5) is 17.1 Å². The van der Waals surface area contributed by atoms with Crippen molar-refractivity contribution in [3.8, 4) is 11.5 Å². The monoisotopic (exact) mass is 935 g/mol. The minimum atomic E-state index is -4.58. The van der Waals surface area contributed by atoms with Crippen LogP contribution in [0.25, 0.3) is 16.5 Å². The summed E-state index contributed by atoms with van der Waals surface area (Å²) in [7, 11) is -4.58. The van der Waals surface area contributed by atoms with Crippen LogP contribution < -0.4 is 19.7 Å². The van der Waals surface area contributed by atoms with E-state index < -0.39 is 25.7 Å². The molecule has 4 aliphatic rings. The number of rotatable bonds is 13. The SMILES string of the molecule is CC1(C)CCC(CN2CCN(c3cccc(C(=O)NS(=O)(=O)c4ccc(NC5CCC(N6CCOCC6)CC5)c([N+](=O)[O-])c4)c3Oc3ccc4[nH]ccc4c3)CC2)=C(c2ccc(Cl)cc2)C1. The molecule has 2 aliphatic heterocycles. The lowest BCUT2D eigenvalue weighted by atomic mass is 9.72. The number of ether oxygens (including phenoxy) is 2. The molecule has 2 saturated heterocycles. The standard InChI is InChI=1S/C50H58ClN7O7S/c1-50(2)20-18-36(43(32-50)34-6-8-37(51)9-7-34)33-55-22-24-57(25-23-55)46-5-3-4-42(48(46)65-40-14-16-44-35(30-40)19-21-52-44)49(59)54-66(62,63)41-15-17-45(47(31-41)58(60)61)53-38-10-12-39(13-11-38)56-26-28-64-29-27-56/h3-9,14-17,19,21,30-31,38-39,52-53H,10-13,18,20,22-29,32-33H2,1-2H3,(H,54,59). The number of nitrogens with zero attached hydrogens (tertiary/aromatic N) is 4. The molecule has 0 unspecified atom stereocenters. The second-order valence-electron chi connectivity index (χ2n) is 18.8. The van der Waals surface area contributed by atoms with Crippen molar-refractivity contribution in [2.45, 2.75) is 75.8 Å². The minimum Gasteiger partial charge on any atom is -0.454 e. The molecule has 1 saturated carbocycles. The number of sulfonamides is 1. The first-order valence-corrected chi connectivity index (χ1v) is 24.9. The normalized spacial score (nSPS) is 20.9. The molecule has 1 aromatic heterocycles. The highest BCUT2D eigenvalue weighted by Gasteiger charge is 2.33. The van der Waals surface area contributed by atoms with Gasteiger partial charge in [-0.15, -0.1) is 0 Å². The largest absolute Gasteiger partial charge is 0.454 e. The second-order valence-corrected chi connectivity index (χ2v) is 21.0. The van der Waals surface area contributed by atoms with Gasteiger partial charge in [-0.3, -0.25) is 24.7 Å². The smallest absolute Gasteiger partial charge is 0.293 e. The van der Waals surface area contributed by atoms with Gasteiger partial charge in [-0.1, -0.05) is 49.2 Å². The van der Waals surface area contributed by atoms with E-state index in [1.165, 1.54) is 34.9 Å². The molecule has 9 rings (SSSR count). The van der Waals surface area contributed by atoms with Crippen LogP contribution in [-0.4, -0.2) is 105 Å². The third-order valence-corrected chi connectivity index (χ3v) is 15.4. The van der Waals surface area contributed by atoms with Crippen LogP contribution in [0.5, 0.6) is 11.5 Å². The first-order chi connectivity index (χ1) is 31.8. The fourth-order valence-corrected chi connectivity index (χ4v) is 11.2. The number of morpholine rings is 1. The number of H-pyrrole nitrogens is 1. The summed E-state index contributed by atoms with van der Waals surface area (Å²) in [6, 6.07) is 25.0. The molecule has 0 radical (unpaired) electrons. The van der Waals surface area contributed by atoms with Crippen molar-refractivity contribution in [1.82, 2.24) is 19.5 Å². The Balaban J connectivity index is 0.930. The van der Waals surface area contributed by atoms with E-state index in [0.29, 0.717) is 30.6 Å². The van der Waals surface area contributed by atoms with Gasteiger partial charge < -0.3 is 24.7 Å². The number of allylic oxidation sites excluding steroid dienone is 1. The Hall–Kier alpha value is -5.45. The van der Waals surface area contributed by atoms with Crippen molar-refractivity contribution in [2.24, 2.45) is 5.41 Å². The van der Waals surface area contributed by atoms with Crippen LogP contribution in [0.15, 0.2) is 102 Å². The first-order valence-electron chi connectivity index (χ1n) is 23.0. The van der Waals surface area contributed by atoms with Gasteiger partial charge in [0.2, 0.25) is 0 Å². The number of anilines is 2. The molecule has 66 heavy (non-hydrogen) atoms. The Morgan fingerprint density at radius 2 is 1.70 bits per heavy atom. The number of nitro benzene ring substituents is 1. The van der Waals surface area contributed by atoms with Gasteiger partial charge in [0.1, 0.15) is 11.4 Å². The van der Waals surface area contributed by atoms with Crippen LogP contribution in [0.1, 0.15) is 74.7 Å². The Labute approximate surface area is 391 Å². The first kappa shape index (κ1) is 45.7. The van der Waals surface area contributed by atoms with Gasteiger partial charge in [0.05, 0.1) is 34.3 Å². The van der Waals surface area contributed by atoms with Crippen LogP contribution in [0, 0.1) is 15.5 Å². The molecule has 3 heterocycles. The van der Waals surface area contributed by atoms with E-state index in [1.54, 1.807) is 12.1 Å².